The van der Waals surface area contributed by atoms with Crippen LogP contribution in [0.2, 0.25) is 0 Å². The zero-order valence-corrected chi connectivity index (χ0v) is 33.4. The van der Waals surface area contributed by atoms with E-state index in [9.17, 15) is 29.4 Å². The van der Waals surface area contributed by atoms with E-state index in [1.165, 1.54) is 11.1 Å². The Morgan fingerprint density at radius 2 is 0.765 bits per heavy atom. The van der Waals surface area contributed by atoms with Gasteiger partial charge in [-0.2, -0.15) is 0 Å². The van der Waals surface area contributed by atoms with Gasteiger partial charge >= 0.3 is 0 Å². The summed E-state index contributed by atoms with van der Waals surface area (Å²) < 4.78 is 2.89. The average Bonchev–Trinajstić information content (AvgIpc) is 3.66. The first-order valence-electron chi connectivity index (χ1n) is 18.2. The van der Waals surface area contributed by atoms with Gasteiger partial charge in [-0.25, -0.2) is 0 Å². The molecule has 0 aliphatic heterocycles. The van der Waals surface area contributed by atoms with E-state index < -0.39 is 0 Å². The minimum atomic E-state index is -0.267. The van der Waals surface area contributed by atoms with E-state index in [-0.39, 0.29) is 34.2 Å². The van der Waals surface area contributed by atoms with Crippen LogP contribution in [0.3, 0.4) is 0 Å². The maximum Gasteiger partial charge on any atom is 0.169 e. The van der Waals surface area contributed by atoms with Gasteiger partial charge in [-0.05, 0) is 137 Å². The molecule has 2 N–H and O–H groups in total. The molecule has 9 heteroatoms. The van der Waals surface area contributed by atoms with Crippen LogP contribution in [0.25, 0.3) is 0 Å². The van der Waals surface area contributed by atoms with Crippen molar-refractivity contribution in [3.63, 3.8) is 0 Å². The van der Waals surface area contributed by atoms with Crippen molar-refractivity contribution in [2.45, 2.75) is 109 Å². The number of aliphatic hydroxyl groups excluding tert-OH is 2. The second kappa shape index (κ2) is 14.5. The first kappa shape index (κ1) is 37.0. The van der Waals surface area contributed by atoms with Crippen molar-refractivity contribution in [2.75, 3.05) is 0 Å². The summed E-state index contributed by atoms with van der Waals surface area (Å²) in [5.41, 5.74) is 5.44. The molecule has 0 aromatic heterocycles. The first-order valence-corrected chi connectivity index (χ1v) is 20.6. The molecule has 268 valence electrons. The van der Waals surface area contributed by atoms with Crippen molar-refractivity contribution in [1.82, 2.24) is 0 Å². The summed E-state index contributed by atoms with van der Waals surface area (Å²) in [5, 5.41) is 19.2. The Balaban J connectivity index is 0.000000119. The molecule has 0 amide bonds. The minimum Gasteiger partial charge on any atom is -0.393 e. The molecule has 0 bridgehead atoms. The Bertz CT molecular complexity index is 1800. The molecular formula is C42H43Br3O6. The number of aliphatic hydroxyl groups is 2. The molecule has 0 atom stereocenters. The van der Waals surface area contributed by atoms with Crippen LogP contribution in [0.1, 0.15) is 125 Å². The Kier molecular flexibility index (Phi) is 10.5. The monoisotopic (exact) mass is 880 g/mol. The van der Waals surface area contributed by atoms with E-state index in [1.54, 1.807) is 0 Å². The van der Waals surface area contributed by atoms with E-state index in [2.05, 4.69) is 59.9 Å². The van der Waals surface area contributed by atoms with Gasteiger partial charge in [0.05, 0.1) is 12.2 Å². The maximum atomic E-state index is 12.5. The van der Waals surface area contributed by atoms with Crippen LogP contribution in [0.5, 0.6) is 0 Å². The van der Waals surface area contributed by atoms with Gasteiger partial charge in [-0.3, -0.25) is 19.2 Å². The third kappa shape index (κ3) is 7.19. The lowest BCUT2D eigenvalue weighted by Crippen LogP contribution is -2.34. The lowest BCUT2D eigenvalue weighted by atomic mass is 9.70. The van der Waals surface area contributed by atoms with Gasteiger partial charge in [0, 0.05) is 59.2 Å². The number of carbonyl (C=O) groups is 4. The number of hydrogen-bond acceptors (Lipinski definition) is 6. The molecule has 3 fully saturated rings. The largest absolute Gasteiger partial charge is 0.393 e. The van der Waals surface area contributed by atoms with Crippen molar-refractivity contribution in [3.05, 3.63) is 101 Å². The Morgan fingerprint density at radius 1 is 0.471 bits per heavy atom. The fourth-order valence-electron chi connectivity index (χ4n) is 9.46. The molecule has 51 heavy (non-hydrogen) atoms. The summed E-state index contributed by atoms with van der Waals surface area (Å²) in [7, 11) is 0. The van der Waals surface area contributed by atoms with Crippen LogP contribution in [0.4, 0.5) is 0 Å². The molecule has 0 saturated heterocycles. The van der Waals surface area contributed by atoms with Crippen LogP contribution >= 0.6 is 47.8 Å². The smallest absolute Gasteiger partial charge is 0.169 e. The number of carbonyl (C=O) groups excluding carboxylic acids is 4. The molecule has 3 aromatic rings. The summed E-state index contributed by atoms with van der Waals surface area (Å²) in [6, 6.07) is 17.9. The van der Waals surface area contributed by atoms with E-state index >= 15 is 0 Å². The molecule has 6 nitrogen and oxygen atoms in total. The van der Waals surface area contributed by atoms with Crippen molar-refractivity contribution >= 4 is 70.9 Å². The van der Waals surface area contributed by atoms with E-state index in [4.69, 9.17) is 0 Å². The molecule has 6 aliphatic carbocycles. The normalized spacial score (nSPS) is 28.6. The Labute approximate surface area is 324 Å². The summed E-state index contributed by atoms with van der Waals surface area (Å²) in [5.74, 6) is 1.14. The SMILES string of the molecule is O=C1CCC2(CC1)Cc1ccc(Br)cc1C2=O.O=C1c2cc(Br)ccc2CC12CCC(O)CC2.O=C1c2cc(Br)ccc2CC12CCC(O)CC2. The number of fused-ring (bicyclic) bond motifs is 3. The predicted octanol–water partition coefficient (Wildman–Crippen LogP) is 9.54. The van der Waals surface area contributed by atoms with E-state index in [0.717, 1.165) is 119 Å². The highest BCUT2D eigenvalue weighted by Gasteiger charge is 2.49. The summed E-state index contributed by atoms with van der Waals surface area (Å²) in [6.45, 7) is 0. The van der Waals surface area contributed by atoms with Crippen molar-refractivity contribution in [3.8, 4) is 0 Å². The minimum absolute atomic E-state index is 0.205. The van der Waals surface area contributed by atoms with Crippen molar-refractivity contribution in [2.24, 2.45) is 16.2 Å². The van der Waals surface area contributed by atoms with Gasteiger partial charge in [0.25, 0.3) is 0 Å². The third-order valence-electron chi connectivity index (χ3n) is 12.6. The third-order valence-corrected chi connectivity index (χ3v) is 14.1. The molecule has 3 aromatic carbocycles. The van der Waals surface area contributed by atoms with E-state index in [0.29, 0.717) is 30.2 Å². The molecule has 0 heterocycles. The first-order chi connectivity index (χ1) is 24.3. The molecule has 9 rings (SSSR count). The number of rotatable bonds is 0. The molecular weight excluding hydrogens is 840 g/mol. The van der Waals surface area contributed by atoms with Crippen LogP contribution in [0.15, 0.2) is 68.0 Å². The number of benzene rings is 3. The molecule has 0 unspecified atom stereocenters. The zero-order chi connectivity index (χ0) is 36.1. The number of Topliss-reactive ketones (excluding diaryl/α,β-unsaturated/α-hetero) is 4. The molecule has 3 saturated carbocycles. The van der Waals surface area contributed by atoms with Gasteiger partial charge in [0.1, 0.15) is 5.78 Å². The van der Waals surface area contributed by atoms with Crippen LogP contribution in [0, 0.1) is 16.2 Å². The highest BCUT2D eigenvalue weighted by atomic mass is 79.9. The van der Waals surface area contributed by atoms with Crippen LogP contribution in [-0.4, -0.2) is 45.6 Å². The highest BCUT2D eigenvalue weighted by molar-refractivity contribution is 9.11. The quantitative estimate of drug-likeness (QED) is 0.233. The predicted molar refractivity (Wildman–Crippen MR) is 206 cm³/mol. The fourth-order valence-corrected chi connectivity index (χ4v) is 10.5. The lowest BCUT2D eigenvalue weighted by molar-refractivity contribution is -0.121. The van der Waals surface area contributed by atoms with Gasteiger partial charge in [0.2, 0.25) is 0 Å². The summed E-state index contributed by atoms with van der Waals surface area (Å²) in [4.78, 5) is 48.9. The van der Waals surface area contributed by atoms with Crippen molar-refractivity contribution in [1.29, 1.82) is 0 Å². The average molecular weight is 884 g/mol. The Hall–Kier alpha value is -2.30. The summed E-state index contributed by atoms with van der Waals surface area (Å²) >= 11 is 10.3. The molecule has 3 spiro atoms. The van der Waals surface area contributed by atoms with Gasteiger partial charge < -0.3 is 10.2 Å². The number of halogens is 3. The molecule has 0 radical (unpaired) electrons. The van der Waals surface area contributed by atoms with Crippen LogP contribution < -0.4 is 0 Å². The van der Waals surface area contributed by atoms with E-state index in [1.807, 2.05) is 42.5 Å². The second-order valence-corrected chi connectivity index (χ2v) is 18.5. The maximum absolute atomic E-state index is 12.5. The van der Waals surface area contributed by atoms with Crippen molar-refractivity contribution < 1.29 is 29.4 Å². The lowest BCUT2D eigenvalue weighted by Gasteiger charge is -2.33. The number of ketones is 4. The number of hydrogen-bond donors (Lipinski definition) is 2. The van der Waals surface area contributed by atoms with Gasteiger partial charge in [-0.1, -0.05) is 66.0 Å². The standard InChI is InChI=1S/2C14H15BrO2.C14H13BrO2/c3*15-10-2-1-9-8-14(13(17)12(9)7-10)5-3-11(16)4-6-14/h2*1-2,7,11,16H,3-6,8H2;1-2,7H,3-6,8H2. The fraction of sp³-hybridized carbons (Fsp3) is 0.476. The van der Waals surface area contributed by atoms with Gasteiger partial charge in [0.15, 0.2) is 17.3 Å². The summed E-state index contributed by atoms with van der Waals surface area (Å²) in [6.07, 6.45) is 11.1. The van der Waals surface area contributed by atoms with Gasteiger partial charge in [-0.15, -0.1) is 0 Å². The molecule has 6 aliphatic rings. The topological polar surface area (TPSA) is 109 Å². The second-order valence-electron chi connectivity index (χ2n) is 15.8. The zero-order valence-electron chi connectivity index (χ0n) is 28.6. The Morgan fingerprint density at radius 3 is 1.08 bits per heavy atom. The highest BCUT2D eigenvalue weighted by Crippen LogP contribution is 2.50. The van der Waals surface area contributed by atoms with Crippen LogP contribution in [-0.2, 0) is 24.1 Å².